The Hall–Kier alpha value is -2.43. The Kier molecular flexibility index (Phi) is 6.09. The van der Waals surface area contributed by atoms with Crippen molar-refractivity contribution in [1.82, 2.24) is 30.0 Å². The van der Waals surface area contributed by atoms with Crippen LogP contribution >= 0.6 is 11.8 Å². The maximum Gasteiger partial charge on any atom is 0.233 e. The van der Waals surface area contributed by atoms with Crippen molar-refractivity contribution in [1.29, 1.82) is 0 Å². The van der Waals surface area contributed by atoms with Crippen molar-refractivity contribution in [3.8, 4) is 11.5 Å². The summed E-state index contributed by atoms with van der Waals surface area (Å²) >= 11 is 1.34. The monoisotopic (exact) mass is 393 g/mol. The third-order valence-electron chi connectivity index (χ3n) is 4.36. The van der Waals surface area contributed by atoms with E-state index in [-0.39, 0.29) is 17.6 Å². The number of carbonyl (C=O) groups is 2. The van der Waals surface area contributed by atoms with E-state index >= 15 is 0 Å². The van der Waals surface area contributed by atoms with Crippen molar-refractivity contribution in [2.75, 3.05) is 24.2 Å². The zero-order valence-electron chi connectivity index (χ0n) is 15.6. The molecular weight excluding hydrogens is 370 g/mol. The Morgan fingerprint density at radius 1 is 1.33 bits per heavy atom. The Labute approximate surface area is 161 Å². The molecular formula is C16H23N7O3S. The molecule has 3 heterocycles. The largest absolute Gasteiger partial charge is 0.342 e. The standard InChI is InChI=1S/C16H23N7O3S/c1-4-23-15(13-14(17-11(3)24)21-26-20-13)18-19-16(23)27-9-12(25)22-7-5-6-10(2)8-22/h10H,4-9H2,1-3H3,(H,17,21,24)/t10-/m1/s1. The van der Waals surface area contributed by atoms with Gasteiger partial charge in [0.1, 0.15) is 0 Å². The summed E-state index contributed by atoms with van der Waals surface area (Å²) in [4.78, 5) is 25.7. The van der Waals surface area contributed by atoms with Gasteiger partial charge in [0, 0.05) is 26.6 Å². The Bertz CT molecular complexity index is 819. The van der Waals surface area contributed by atoms with Crippen LogP contribution < -0.4 is 5.32 Å². The number of piperidine rings is 1. The van der Waals surface area contributed by atoms with Gasteiger partial charge in [0.25, 0.3) is 0 Å². The van der Waals surface area contributed by atoms with Crippen molar-refractivity contribution in [2.45, 2.75) is 45.3 Å². The molecule has 10 nitrogen and oxygen atoms in total. The van der Waals surface area contributed by atoms with E-state index < -0.39 is 0 Å². The second kappa shape index (κ2) is 8.51. The lowest BCUT2D eigenvalue weighted by Crippen LogP contribution is -2.40. The first kappa shape index (κ1) is 19.3. The fraction of sp³-hybridized carbons (Fsp3) is 0.625. The lowest BCUT2D eigenvalue weighted by molar-refractivity contribution is -0.130. The Balaban J connectivity index is 1.72. The van der Waals surface area contributed by atoms with Crippen molar-refractivity contribution >= 4 is 29.4 Å². The van der Waals surface area contributed by atoms with Crippen molar-refractivity contribution in [3.63, 3.8) is 0 Å². The van der Waals surface area contributed by atoms with Crippen LogP contribution in [0.2, 0.25) is 0 Å². The Morgan fingerprint density at radius 2 is 2.15 bits per heavy atom. The molecule has 3 rings (SSSR count). The molecule has 1 saturated heterocycles. The number of hydrogen-bond donors (Lipinski definition) is 1. The van der Waals surface area contributed by atoms with Gasteiger partial charge >= 0.3 is 0 Å². The molecule has 0 radical (unpaired) electrons. The highest BCUT2D eigenvalue weighted by Gasteiger charge is 2.24. The third kappa shape index (κ3) is 4.46. The van der Waals surface area contributed by atoms with Gasteiger partial charge in [-0.15, -0.1) is 10.2 Å². The number of rotatable bonds is 6. The number of thioether (sulfide) groups is 1. The van der Waals surface area contributed by atoms with Gasteiger partial charge in [0.2, 0.25) is 17.6 Å². The maximum atomic E-state index is 12.5. The SMILES string of the molecule is CCn1c(SCC(=O)N2CCC[C@@H](C)C2)nnc1-c1nonc1NC(C)=O. The van der Waals surface area contributed by atoms with Gasteiger partial charge in [0.05, 0.1) is 5.75 Å². The minimum atomic E-state index is -0.287. The van der Waals surface area contributed by atoms with E-state index in [1.54, 1.807) is 0 Å². The molecule has 146 valence electrons. The van der Waals surface area contributed by atoms with Crippen LogP contribution in [0.4, 0.5) is 5.82 Å². The van der Waals surface area contributed by atoms with E-state index in [1.165, 1.54) is 25.1 Å². The number of nitrogens with zero attached hydrogens (tertiary/aromatic N) is 6. The summed E-state index contributed by atoms with van der Waals surface area (Å²) in [7, 11) is 0. The minimum absolute atomic E-state index is 0.112. The van der Waals surface area contributed by atoms with E-state index in [0.29, 0.717) is 34.9 Å². The molecule has 0 spiro atoms. The Morgan fingerprint density at radius 3 is 2.85 bits per heavy atom. The summed E-state index contributed by atoms with van der Waals surface area (Å²) < 4.78 is 6.55. The molecule has 27 heavy (non-hydrogen) atoms. The van der Waals surface area contributed by atoms with Crippen LogP contribution in [0.1, 0.15) is 33.6 Å². The van der Waals surface area contributed by atoms with Gasteiger partial charge in [0.15, 0.2) is 16.7 Å². The predicted molar refractivity (Wildman–Crippen MR) is 99.0 cm³/mol. The smallest absolute Gasteiger partial charge is 0.233 e. The molecule has 1 aliphatic rings. The fourth-order valence-corrected chi connectivity index (χ4v) is 3.98. The predicted octanol–water partition coefficient (Wildman–Crippen LogP) is 1.66. The molecule has 1 N–H and O–H groups in total. The quantitative estimate of drug-likeness (QED) is 0.736. The molecule has 0 aliphatic carbocycles. The van der Waals surface area contributed by atoms with Gasteiger partial charge in [-0.25, -0.2) is 4.63 Å². The summed E-state index contributed by atoms with van der Waals surface area (Å²) in [6.07, 6.45) is 2.23. The number of hydrogen-bond acceptors (Lipinski definition) is 8. The van der Waals surface area contributed by atoms with E-state index in [4.69, 9.17) is 4.63 Å². The van der Waals surface area contributed by atoms with Crippen molar-refractivity contribution in [3.05, 3.63) is 0 Å². The van der Waals surface area contributed by atoms with Crippen LogP contribution in [0.5, 0.6) is 0 Å². The molecule has 1 fully saturated rings. The number of carbonyl (C=O) groups excluding carboxylic acids is 2. The highest BCUT2D eigenvalue weighted by atomic mass is 32.2. The van der Waals surface area contributed by atoms with Crippen LogP contribution in [0, 0.1) is 5.92 Å². The van der Waals surface area contributed by atoms with Crippen molar-refractivity contribution in [2.24, 2.45) is 5.92 Å². The molecule has 1 aliphatic heterocycles. The molecule has 11 heteroatoms. The number of anilines is 1. The number of nitrogens with one attached hydrogen (secondary N) is 1. The summed E-state index contributed by atoms with van der Waals surface area (Å²) in [6, 6.07) is 0. The first-order valence-electron chi connectivity index (χ1n) is 8.93. The third-order valence-corrected chi connectivity index (χ3v) is 5.31. The molecule has 2 amide bonds. The number of aromatic nitrogens is 5. The summed E-state index contributed by atoms with van der Waals surface area (Å²) in [5, 5.41) is 19.0. The average molecular weight is 393 g/mol. The zero-order valence-corrected chi connectivity index (χ0v) is 16.5. The lowest BCUT2D eigenvalue weighted by atomic mass is 10.0. The van der Waals surface area contributed by atoms with Crippen LogP contribution in [0.3, 0.4) is 0 Å². The number of likely N-dealkylation sites (tertiary alicyclic amines) is 1. The fourth-order valence-electron chi connectivity index (χ4n) is 3.07. The molecule has 0 aromatic carbocycles. The van der Waals surface area contributed by atoms with Crippen LogP contribution in [0.15, 0.2) is 9.79 Å². The van der Waals surface area contributed by atoms with Gasteiger partial charge < -0.3 is 14.8 Å². The molecule has 0 bridgehead atoms. The van der Waals surface area contributed by atoms with E-state index in [2.05, 4.69) is 32.8 Å². The summed E-state index contributed by atoms with van der Waals surface area (Å²) in [6.45, 7) is 7.70. The second-order valence-electron chi connectivity index (χ2n) is 6.57. The van der Waals surface area contributed by atoms with Gasteiger partial charge in [-0.3, -0.25) is 9.59 Å². The molecule has 0 saturated carbocycles. The maximum absolute atomic E-state index is 12.5. The first-order chi connectivity index (χ1) is 13.0. The zero-order chi connectivity index (χ0) is 19.4. The van der Waals surface area contributed by atoms with E-state index in [0.717, 1.165) is 19.5 Å². The van der Waals surface area contributed by atoms with Gasteiger partial charge in [-0.1, -0.05) is 18.7 Å². The molecule has 1 atom stereocenters. The average Bonchev–Trinajstić information content (AvgIpc) is 3.24. The van der Waals surface area contributed by atoms with Crippen LogP contribution in [0.25, 0.3) is 11.5 Å². The summed E-state index contributed by atoms with van der Waals surface area (Å²) in [5.41, 5.74) is 0.308. The van der Waals surface area contributed by atoms with Crippen LogP contribution in [-0.4, -0.2) is 60.6 Å². The molecule has 2 aromatic rings. The first-order valence-corrected chi connectivity index (χ1v) is 9.92. The van der Waals surface area contributed by atoms with E-state index in [9.17, 15) is 9.59 Å². The highest BCUT2D eigenvalue weighted by molar-refractivity contribution is 7.99. The van der Waals surface area contributed by atoms with Crippen LogP contribution in [-0.2, 0) is 16.1 Å². The lowest BCUT2D eigenvalue weighted by Gasteiger charge is -2.30. The number of amides is 2. The summed E-state index contributed by atoms with van der Waals surface area (Å²) in [5.74, 6) is 1.31. The minimum Gasteiger partial charge on any atom is -0.342 e. The molecule has 0 unspecified atom stereocenters. The topological polar surface area (TPSA) is 119 Å². The van der Waals surface area contributed by atoms with Gasteiger partial charge in [-0.2, -0.15) is 0 Å². The normalized spacial score (nSPS) is 17.1. The van der Waals surface area contributed by atoms with Gasteiger partial charge in [-0.05, 0) is 36.0 Å². The van der Waals surface area contributed by atoms with E-state index in [1.807, 2.05) is 16.4 Å². The molecule has 2 aromatic heterocycles. The second-order valence-corrected chi connectivity index (χ2v) is 7.51. The van der Waals surface area contributed by atoms with Crippen molar-refractivity contribution < 1.29 is 14.2 Å². The highest BCUT2D eigenvalue weighted by Crippen LogP contribution is 2.27.